The lowest BCUT2D eigenvalue weighted by Gasteiger charge is -2.10. The van der Waals surface area contributed by atoms with E-state index in [4.69, 9.17) is 5.73 Å². The molecule has 2 aromatic rings. The summed E-state index contributed by atoms with van der Waals surface area (Å²) in [6, 6.07) is 11.1. The summed E-state index contributed by atoms with van der Waals surface area (Å²) in [7, 11) is 0. The topological polar surface area (TPSA) is 68.0 Å². The quantitative estimate of drug-likeness (QED) is 0.864. The van der Waals surface area contributed by atoms with E-state index < -0.39 is 0 Å². The molecule has 0 unspecified atom stereocenters. The zero-order chi connectivity index (χ0) is 13.0. The van der Waals surface area contributed by atoms with Crippen molar-refractivity contribution in [3.8, 4) is 0 Å². The average molecular weight is 241 g/mol. The van der Waals surface area contributed by atoms with Crippen LogP contribution in [0.3, 0.4) is 0 Å². The number of aromatic nitrogens is 1. The highest BCUT2D eigenvalue weighted by Crippen LogP contribution is 2.15. The highest BCUT2D eigenvalue weighted by atomic mass is 16.1. The predicted octanol–water partition coefficient (Wildman–Crippen LogP) is 2.10. The summed E-state index contributed by atoms with van der Waals surface area (Å²) in [4.78, 5) is 16.2. The van der Waals surface area contributed by atoms with E-state index in [1.807, 2.05) is 37.3 Å². The third-order valence-corrected chi connectivity index (χ3v) is 2.71. The number of hydrogen-bond donors (Lipinski definition) is 2. The summed E-state index contributed by atoms with van der Waals surface area (Å²) in [5.74, 6) is -0.214. The van der Waals surface area contributed by atoms with Crippen LogP contribution in [-0.4, -0.2) is 10.9 Å². The minimum absolute atomic E-state index is 0.214. The van der Waals surface area contributed by atoms with Gasteiger partial charge in [0.15, 0.2) is 0 Å². The van der Waals surface area contributed by atoms with E-state index in [1.54, 1.807) is 12.3 Å². The third kappa shape index (κ3) is 2.55. The number of pyridine rings is 1. The molecule has 0 saturated heterocycles. The Morgan fingerprint density at radius 2 is 2.06 bits per heavy atom. The first-order chi connectivity index (χ1) is 8.72. The highest BCUT2D eigenvalue weighted by molar-refractivity contribution is 6.04. The summed E-state index contributed by atoms with van der Waals surface area (Å²) in [5.41, 5.74) is 8.54. The summed E-state index contributed by atoms with van der Waals surface area (Å²) in [5, 5.41) is 2.84. The minimum Gasteiger partial charge on any atom is -0.326 e. The van der Waals surface area contributed by atoms with E-state index in [0.717, 1.165) is 16.8 Å². The number of carbonyl (C=O) groups is 1. The molecule has 3 N–H and O–H groups in total. The molecule has 1 amide bonds. The van der Waals surface area contributed by atoms with Gasteiger partial charge in [0.1, 0.15) is 5.69 Å². The van der Waals surface area contributed by atoms with Crippen molar-refractivity contribution in [2.45, 2.75) is 13.5 Å². The first kappa shape index (κ1) is 12.3. The number of benzene rings is 1. The molecule has 92 valence electrons. The molecule has 0 atom stereocenters. The van der Waals surface area contributed by atoms with Gasteiger partial charge in [0.25, 0.3) is 5.91 Å². The predicted molar refractivity (Wildman–Crippen MR) is 71.3 cm³/mol. The number of para-hydroxylation sites is 1. The first-order valence-electron chi connectivity index (χ1n) is 5.73. The normalized spacial score (nSPS) is 10.1. The number of hydrogen-bond acceptors (Lipinski definition) is 3. The second-order valence-corrected chi connectivity index (χ2v) is 3.98. The van der Waals surface area contributed by atoms with Crippen molar-refractivity contribution in [2.75, 3.05) is 5.32 Å². The SMILES string of the molecule is Cc1cccnc1C(=O)Nc1ccccc1CN. The molecule has 1 aromatic heterocycles. The molecule has 0 aliphatic rings. The summed E-state index contributed by atoms with van der Waals surface area (Å²) < 4.78 is 0. The molecule has 4 heteroatoms. The highest BCUT2D eigenvalue weighted by Gasteiger charge is 2.11. The van der Waals surface area contributed by atoms with Gasteiger partial charge in [-0.15, -0.1) is 0 Å². The Bertz CT molecular complexity index is 566. The number of amides is 1. The Hall–Kier alpha value is -2.20. The number of nitrogens with zero attached hydrogens (tertiary/aromatic N) is 1. The molecule has 1 aromatic carbocycles. The second-order valence-electron chi connectivity index (χ2n) is 3.98. The Labute approximate surface area is 106 Å². The third-order valence-electron chi connectivity index (χ3n) is 2.71. The fourth-order valence-corrected chi connectivity index (χ4v) is 1.73. The van der Waals surface area contributed by atoms with Crippen LogP contribution < -0.4 is 11.1 Å². The molecule has 0 fully saturated rings. The van der Waals surface area contributed by atoms with Crippen molar-refractivity contribution < 1.29 is 4.79 Å². The largest absolute Gasteiger partial charge is 0.326 e. The number of aryl methyl sites for hydroxylation is 1. The van der Waals surface area contributed by atoms with Crippen LogP contribution in [-0.2, 0) is 6.54 Å². The van der Waals surface area contributed by atoms with Crippen LogP contribution in [0.25, 0.3) is 0 Å². The molecule has 1 heterocycles. The van der Waals surface area contributed by atoms with E-state index in [1.165, 1.54) is 0 Å². The van der Waals surface area contributed by atoms with Crippen molar-refractivity contribution >= 4 is 11.6 Å². The Balaban J connectivity index is 2.24. The van der Waals surface area contributed by atoms with Crippen LogP contribution in [0.4, 0.5) is 5.69 Å². The number of nitrogens with two attached hydrogens (primary N) is 1. The molecule has 0 aliphatic heterocycles. The summed E-state index contributed by atoms with van der Waals surface area (Å²) in [6.07, 6.45) is 1.61. The van der Waals surface area contributed by atoms with Gasteiger partial charge in [-0.2, -0.15) is 0 Å². The van der Waals surface area contributed by atoms with Gasteiger partial charge in [-0.1, -0.05) is 24.3 Å². The molecular formula is C14H15N3O. The van der Waals surface area contributed by atoms with Gasteiger partial charge < -0.3 is 11.1 Å². The first-order valence-corrected chi connectivity index (χ1v) is 5.73. The van der Waals surface area contributed by atoms with Crippen molar-refractivity contribution in [3.63, 3.8) is 0 Å². The number of carbonyl (C=O) groups excluding carboxylic acids is 1. The fraction of sp³-hybridized carbons (Fsp3) is 0.143. The van der Waals surface area contributed by atoms with E-state index in [0.29, 0.717) is 12.2 Å². The van der Waals surface area contributed by atoms with Crippen molar-refractivity contribution in [1.82, 2.24) is 4.98 Å². The van der Waals surface area contributed by atoms with Crippen LogP contribution in [0.2, 0.25) is 0 Å². The maximum Gasteiger partial charge on any atom is 0.274 e. The zero-order valence-corrected chi connectivity index (χ0v) is 10.2. The molecule has 0 saturated carbocycles. The smallest absolute Gasteiger partial charge is 0.274 e. The number of rotatable bonds is 3. The molecule has 2 rings (SSSR count). The van der Waals surface area contributed by atoms with Crippen molar-refractivity contribution in [2.24, 2.45) is 5.73 Å². The molecule has 0 radical (unpaired) electrons. The Morgan fingerprint density at radius 3 is 2.78 bits per heavy atom. The van der Waals surface area contributed by atoms with Crippen LogP contribution in [0, 0.1) is 6.92 Å². The molecule has 0 bridgehead atoms. The fourth-order valence-electron chi connectivity index (χ4n) is 1.73. The van der Waals surface area contributed by atoms with Gasteiger partial charge in [0.05, 0.1) is 0 Å². The molecule has 0 aliphatic carbocycles. The van der Waals surface area contributed by atoms with Gasteiger partial charge in [-0.3, -0.25) is 9.78 Å². The maximum atomic E-state index is 12.1. The molecule has 0 spiro atoms. The van der Waals surface area contributed by atoms with Crippen molar-refractivity contribution in [1.29, 1.82) is 0 Å². The van der Waals surface area contributed by atoms with E-state index in [-0.39, 0.29) is 5.91 Å². The lowest BCUT2D eigenvalue weighted by molar-refractivity contribution is 0.102. The van der Waals surface area contributed by atoms with Gasteiger partial charge >= 0.3 is 0 Å². The van der Waals surface area contributed by atoms with Crippen LogP contribution in [0.5, 0.6) is 0 Å². The molecular weight excluding hydrogens is 226 g/mol. The molecule has 4 nitrogen and oxygen atoms in total. The average Bonchev–Trinajstić information content (AvgIpc) is 2.39. The number of anilines is 1. The Morgan fingerprint density at radius 1 is 1.28 bits per heavy atom. The van der Waals surface area contributed by atoms with Crippen molar-refractivity contribution in [3.05, 3.63) is 59.4 Å². The molecule has 18 heavy (non-hydrogen) atoms. The monoisotopic (exact) mass is 241 g/mol. The van der Waals surface area contributed by atoms with E-state index >= 15 is 0 Å². The van der Waals surface area contributed by atoms with Gasteiger partial charge in [0.2, 0.25) is 0 Å². The Kier molecular flexibility index (Phi) is 3.69. The van der Waals surface area contributed by atoms with Crippen LogP contribution in [0.15, 0.2) is 42.6 Å². The lowest BCUT2D eigenvalue weighted by Crippen LogP contribution is -2.16. The zero-order valence-electron chi connectivity index (χ0n) is 10.2. The number of nitrogens with one attached hydrogen (secondary N) is 1. The summed E-state index contributed by atoms with van der Waals surface area (Å²) >= 11 is 0. The van der Waals surface area contributed by atoms with E-state index in [9.17, 15) is 4.79 Å². The minimum atomic E-state index is -0.214. The van der Waals surface area contributed by atoms with Crippen LogP contribution >= 0.6 is 0 Å². The van der Waals surface area contributed by atoms with Gasteiger partial charge in [0, 0.05) is 18.4 Å². The van der Waals surface area contributed by atoms with E-state index in [2.05, 4.69) is 10.3 Å². The second kappa shape index (κ2) is 5.42. The van der Waals surface area contributed by atoms with Gasteiger partial charge in [-0.05, 0) is 30.2 Å². The standard InChI is InChI=1S/C14H15N3O/c1-10-5-4-8-16-13(10)14(18)17-12-7-3-2-6-11(12)9-15/h2-8H,9,15H2,1H3,(H,17,18). The maximum absolute atomic E-state index is 12.1. The summed E-state index contributed by atoms with van der Waals surface area (Å²) in [6.45, 7) is 2.24. The lowest BCUT2D eigenvalue weighted by atomic mass is 10.1. The van der Waals surface area contributed by atoms with Crippen LogP contribution in [0.1, 0.15) is 21.6 Å². The van der Waals surface area contributed by atoms with Gasteiger partial charge in [-0.25, -0.2) is 0 Å².